The Kier molecular flexibility index (Phi) is 67.3. The predicted octanol–water partition coefficient (Wildman–Crippen LogP) is 11.4. The number of ketones is 1. The lowest BCUT2D eigenvalue weighted by Crippen LogP contribution is -2.64. The van der Waals surface area contributed by atoms with Crippen molar-refractivity contribution >= 4 is 48.8 Å². The van der Waals surface area contributed by atoms with Crippen LogP contribution in [0.5, 0.6) is 17.2 Å². The van der Waals surface area contributed by atoms with Gasteiger partial charge in [-0.3, -0.25) is 38.1 Å². The number of Topliss-reactive ketones (excluding diaryl/α,β-unsaturated/α-hetero) is 1. The number of aliphatic hydroxyl groups is 9. The first kappa shape index (κ1) is 119. The maximum atomic E-state index is 14.1. The van der Waals surface area contributed by atoms with Crippen LogP contribution in [0, 0.1) is 0 Å². The Morgan fingerprint density at radius 2 is 0.598 bits per heavy atom. The lowest BCUT2D eigenvalue weighted by atomic mass is 9.97. The van der Waals surface area contributed by atoms with Gasteiger partial charge in [0.25, 0.3) is 5.91 Å². The second-order valence-corrected chi connectivity index (χ2v) is 38.2. The fourth-order valence-electron chi connectivity index (χ4n) is 16.8. The lowest BCUT2D eigenvalue weighted by Gasteiger charge is -2.42. The van der Waals surface area contributed by atoms with Crippen molar-refractivity contribution in [1.29, 1.82) is 0 Å². The molecule has 0 saturated carbocycles. The first-order valence-electron chi connectivity index (χ1n) is 50.7. The predicted molar refractivity (Wildman–Crippen MR) is 502 cm³/mol. The van der Waals surface area contributed by atoms with Gasteiger partial charge in [-0.25, -0.2) is 0 Å². The maximum Gasteiger partial charge on any atom is 0.325 e. The Balaban J connectivity index is 1.22. The third-order valence-electron chi connectivity index (χ3n) is 24.5. The summed E-state index contributed by atoms with van der Waals surface area (Å²) in [7, 11) is -3.47. The molecular weight excluding hydrogens is 1730 g/mol. The molecule has 766 valence electrons. The summed E-state index contributed by atoms with van der Waals surface area (Å²) < 4.78 is 70.2. The summed E-state index contributed by atoms with van der Waals surface area (Å²) in [5.74, 6) is -0.833. The molecule has 16 N–H and O–H groups in total. The zero-order valence-corrected chi connectivity index (χ0v) is 81.4. The van der Waals surface area contributed by atoms with Crippen molar-refractivity contribution in [3.63, 3.8) is 0 Å². The van der Waals surface area contributed by atoms with E-state index in [0.717, 1.165) is 283 Å². The van der Waals surface area contributed by atoms with E-state index >= 15 is 0 Å². The first-order chi connectivity index (χ1) is 63.8. The van der Waals surface area contributed by atoms with Crippen molar-refractivity contribution < 1.29 is 136 Å². The van der Waals surface area contributed by atoms with Crippen LogP contribution in [0.3, 0.4) is 0 Å². The summed E-state index contributed by atoms with van der Waals surface area (Å²) in [6.07, 6.45) is 35.8. The summed E-state index contributed by atoms with van der Waals surface area (Å²) >= 11 is 0. The minimum absolute atomic E-state index is 0.0549. The average Bonchev–Trinajstić information content (AvgIpc) is 0.823. The normalized spacial score (nSPS) is 22.4. The number of hydrogen-bond donors (Lipinski definition) is 16. The monoisotopic (exact) mass is 1900 g/mol. The number of rotatable bonds is 83. The van der Waals surface area contributed by atoms with Gasteiger partial charge in [0.2, 0.25) is 35.3 Å². The Morgan fingerprint density at radius 3 is 0.894 bits per heavy atom. The van der Waals surface area contributed by atoms with E-state index in [1.807, 2.05) is 0 Å². The fourth-order valence-corrected chi connectivity index (χ4v) is 17.3. The minimum atomic E-state index is -3.47. The topological polar surface area (TPSA) is 503 Å². The molecule has 132 heavy (non-hydrogen) atoms. The summed E-state index contributed by atoms with van der Waals surface area (Å²) in [6, 6.07) is 0.394. The zero-order chi connectivity index (χ0) is 96.2. The Hall–Kier alpha value is -5.34. The molecule has 4 rings (SSSR count). The van der Waals surface area contributed by atoms with E-state index in [9.17, 15) is 89.0 Å². The quantitative estimate of drug-likeness (QED) is 0.0213. The van der Waals surface area contributed by atoms with E-state index in [1.165, 1.54) is 46.7 Å². The number of carbonyl (C=O) groups is 7. The van der Waals surface area contributed by atoms with Gasteiger partial charge in [-0.05, 0) is 69.9 Å². The number of amides is 6. The number of benzene rings is 1. The third-order valence-corrected chi connectivity index (χ3v) is 25.1. The highest BCUT2D eigenvalue weighted by atomic mass is 31.2. The SMILES string of the molecule is CC(=O)NC1C(OCCCCCCCCCCCCCCCC(=O)CCCOc2c(OCCNC(=O)CCCCCCCCCCCCCCCOC3OC(CO)C(O)C(O)C3NC(C)=O)cc(C(=O)NCCCCCCCCCCOP(C)(=O)O)cc2OCCNC(=O)CCCCCCCCCCCCCCCOC2OC(CO)C(O)C(O)C2NC(C)=O)OC(CO)C(O)C1O. The van der Waals surface area contributed by atoms with Crippen LogP contribution in [0.15, 0.2) is 12.1 Å². The number of hydrogen-bond acceptors (Lipinski definition) is 27. The van der Waals surface area contributed by atoms with E-state index in [2.05, 4.69) is 31.9 Å². The standard InChI is InChI=1S/C97H175N6O28P/c1-72(107)101-84-90(116)87(113)79(69-104)129-95(84)125-60-48-40-32-24-17-11-5-8-14-20-28-36-44-53-76(110)54-52-63-124-93-77(122-65-58-98-82(111)55-45-37-29-21-15-9-6-12-18-25-33-41-49-61-126-96-85(102-73(2)108)91(117)88(114)80(70-105)130-96)67-75(94(119)100-57-47-39-31-23-27-35-43-51-64-128-132(4,120)121)68-78(93)123-66-59-99-83(112)56-46-38-30-22-16-10-7-13-19-26-34-42-50-62-127-97-86(103-74(3)109)92(118)89(115)81(71-106)131-97/h67-68,79-81,84-92,95-97,104-106,113-118H,5-66,69-71H2,1-4H3,(H,98,111)(H,99,112)(H,100,119)(H,101,107)(H,102,108)(H,103,109)(H,120,121). The molecule has 3 aliphatic rings. The highest BCUT2D eigenvalue weighted by molar-refractivity contribution is 7.51. The molecule has 3 heterocycles. The van der Waals surface area contributed by atoms with E-state index in [0.29, 0.717) is 58.5 Å². The highest BCUT2D eigenvalue weighted by Crippen LogP contribution is 2.40. The summed E-state index contributed by atoms with van der Waals surface area (Å²) in [5, 5.41) is 108. The van der Waals surface area contributed by atoms with Gasteiger partial charge in [-0.2, -0.15) is 0 Å². The van der Waals surface area contributed by atoms with Crippen molar-refractivity contribution in [3.8, 4) is 17.2 Å². The van der Waals surface area contributed by atoms with Crippen LogP contribution in [0.25, 0.3) is 0 Å². The Bertz CT molecular complexity index is 3120. The summed E-state index contributed by atoms with van der Waals surface area (Å²) in [6.45, 7) is 6.03. The van der Waals surface area contributed by atoms with Crippen molar-refractivity contribution in [2.24, 2.45) is 0 Å². The molecular formula is C97H175N6O28P. The molecule has 0 aliphatic carbocycles. The lowest BCUT2D eigenvalue weighted by molar-refractivity contribution is -0.270. The molecule has 6 amide bonds. The van der Waals surface area contributed by atoms with Gasteiger partial charge in [-0.1, -0.05) is 250 Å². The first-order valence-corrected chi connectivity index (χ1v) is 52.7. The average molecular weight is 1900 g/mol. The second-order valence-electron chi connectivity index (χ2n) is 36.4. The molecule has 35 heteroatoms. The van der Waals surface area contributed by atoms with Crippen LogP contribution in [0.2, 0.25) is 0 Å². The van der Waals surface area contributed by atoms with E-state index in [-0.39, 0.29) is 85.8 Å². The van der Waals surface area contributed by atoms with Crippen LogP contribution >= 0.6 is 7.60 Å². The van der Waals surface area contributed by atoms with Gasteiger partial charge in [0, 0.05) is 85.0 Å². The number of aliphatic hydroxyl groups excluding tert-OH is 9. The van der Waals surface area contributed by atoms with E-state index in [4.69, 9.17) is 47.2 Å². The minimum Gasteiger partial charge on any atom is -0.488 e. The molecule has 0 radical (unpaired) electrons. The van der Waals surface area contributed by atoms with Crippen molar-refractivity contribution in [2.45, 2.75) is 447 Å². The van der Waals surface area contributed by atoms with E-state index in [1.54, 1.807) is 12.1 Å². The number of carbonyl (C=O) groups excluding carboxylic acids is 7. The van der Waals surface area contributed by atoms with Crippen LogP contribution in [-0.2, 0) is 66.3 Å². The van der Waals surface area contributed by atoms with Gasteiger partial charge in [0.15, 0.2) is 30.4 Å². The smallest absolute Gasteiger partial charge is 0.325 e. The summed E-state index contributed by atoms with van der Waals surface area (Å²) in [4.78, 5) is 98.3. The summed E-state index contributed by atoms with van der Waals surface area (Å²) in [5.41, 5.74) is 0.273. The van der Waals surface area contributed by atoms with Gasteiger partial charge in [0.05, 0.1) is 46.1 Å². The fraction of sp³-hybridized carbons (Fsp3) is 0.866. The van der Waals surface area contributed by atoms with Gasteiger partial charge < -0.3 is 130 Å². The van der Waals surface area contributed by atoms with Crippen molar-refractivity contribution in [2.75, 3.05) is 92.4 Å². The third kappa shape index (κ3) is 54.7. The zero-order valence-electron chi connectivity index (χ0n) is 80.5. The van der Waals surface area contributed by atoms with Crippen molar-refractivity contribution in [1.82, 2.24) is 31.9 Å². The number of ether oxygens (including phenoxy) is 9. The molecule has 3 saturated heterocycles. The van der Waals surface area contributed by atoms with Gasteiger partial charge >= 0.3 is 7.60 Å². The van der Waals surface area contributed by atoms with Crippen LogP contribution in [-0.4, -0.2) is 276 Å². The van der Waals surface area contributed by atoms with Gasteiger partial charge in [-0.15, -0.1) is 0 Å². The molecule has 3 aliphatic heterocycles. The van der Waals surface area contributed by atoms with Crippen LogP contribution < -0.4 is 46.1 Å². The maximum absolute atomic E-state index is 14.1. The molecule has 0 bridgehead atoms. The molecule has 0 aromatic heterocycles. The molecule has 34 nitrogen and oxygen atoms in total. The molecule has 1 aromatic rings. The largest absolute Gasteiger partial charge is 0.488 e. The van der Waals surface area contributed by atoms with Crippen LogP contribution in [0.4, 0.5) is 0 Å². The molecule has 3 fully saturated rings. The molecule has 16 atom stereocenters. The molecule has 16 unspecified atom stereocenters. The Labute approximate surface area is 787 Å². The molecule has 0 spiro atoms. The Morgan fingerprint density at radius 1 is 0.326 bits per heavy atom. The second kappa shape index (κ2) is 74.7. The van der Waals surface area contributed by atoms with Crippen molar-refractivity contribution in [3.05, 3.63) is 17.7 Å². The van der Waals surface area contributed by atoms with E-state index < -0.39 is 137 Å². The van der Waals surface area contributed by atoms with Gasteiger partial charge in [0.1, 0.15) is 92.1 Å². The van der Waals surface area contributed by atoms with Crippen LogP contribution in [0.1, 0.15) is 365 Å². The molecule has 1 aromatic carbocycles. The number of unbranched alkanes of at least 4 members (excludes halogenated alkanes) is 43. The number of nitrogens with one attached hydrogen (secondary N) is 6. The highest BCUT2D eigenvalue weighted by Gasteiger charge is 2.48.